The highest BCUT2D eigenvalue weighted by atomic mass is 16.8. The number of allylic oxidation sites excluding steroid dienone is 1. The number of nitrogens with one attached hydrogen (secondary N) is 2. The summed E-state index contributed by atoms with van der Waals surface area (Å²) in [7, 11) is 0. The molecular weight excluding hydrogens is 1400 g/mol. The molecule has 0 saturated carbocycles. The summed E-state index contributed by atoms with van der Waals surface area (Å²) in [6.45, 7) is 1.33. The summed E-state index contributed by atoms with van der Waals surface area (Å²) in [5.41, 5.74) is 0. The van der Waals surface area contributed by atoms with Gasteiger partial charge in [0.2, 0.25) is 11.8 Å². The number of amides is 2. The van der Waals surface area contributed by atoms with Gasteiger partial charge in [-0.1, -0.05) is 167 Å². The van der Waals surface area contributed by atoms with Crippen LogP contribution in [-0.4, -0.2) is 340 Å². The SMILES string of the molecule is CCCCCCCCCCCCCC=CC(O)C(CO[C@@H]1OC(CO)[C@@H](O[C@@H]2OC(CO)[C@H](O[C@H]3OC(CO)[C@H](O)C(O[C@@H]4OC(CO)[C@H](O)C(O[C@@H]5OC(CO)[C@H](O)C(O)C5O[C@@H]5OC(C)[C@@H](O)C(O)C5O)C4NC(C)=O)C3O)C(O)C2O)C(O)C1O)NC(=O)CCCCCCCCCCCCCCC. The molecule has 34 heteroatoms. The highest BCUT2D eigenvalue weighted by molar-refractivity contribution is 5.76. The normalized spacial score (nSPS) is 38.7. The Morgan fingerprint density at radius 1 is 0.387 bits per heavy atom. The van der Waals surface area contributed by atoms with Crippen molar-refractivity contribution in [1.82, 2.24) is 10.6 Å². The molecule has 0 radical (unpaired) electrons. The summed E-state index contributed by atoms with van der Waals surface area (Å²) in [5.74, 6) is -1.21. The number of carbonyl (C=O) groups excluding carboxylic acids is 2. The molecule has 20 N–H and O–H groups in total. The maximum atomic E-state index is 13.5. The van der Waals surface area contributed by atoms with Crippen LogP contribution in [0.4, 0.5) is 0 Å². The predicted molar refractivity (Wildman–Crippen MR) is 372 cm³/mol. The smallest absolute Gasteiger partial charge is 0.220 e. The molecule has 0 bridgehead atoms. The van der Waals surface area contributed by atoms with E-state index in [-0.39, 0.29) is 12.3 Å². The van der Waals surface area contributed by atoms with Crippen LogP contribution in [0.1, 0.15) is 195 Å². The number of ether oxygens (including phenoxy) is 12. The Labute approximate surface area is 621 Å². The average molecular weight is 1540 g/mol. The Balaban J connectivity index is 1.09. The molecule has 20 unspecified atom stereocenters. The van der Waals surface area contributed by atoms with Crippen LogP contribution in [0.2, 0.25) is 0 Å². The van der Waals surface area contributed by atoms with Gasteiger partial charge in [-0.05, 0) is 26.2 Å². The van der Waals surface area contributed by atoms with Crippen molar-refractivity contribution < 1.29 is 158 Å². The quantitative estimate of drug-likeness (QED) is 0.0225. The molecule has 620 valence electrons. The Bertz CT molecular complexity index is 2420. The van der Waals surface area contributed by atoms with Crippen molar-refractivity contribution in [2.45, 2.75) is 391 Å². The first kappa shape index (κ1) is 92.3. The summed E-state index contributed by atoms with van der Waals surface area (Å²) in [4.78, 5) is 26.4. The molecule has 0 aromatic carbocycles. The third kappa shape index (κ3) is 27.1. The van der Waals surface area contributed by atoms with Gasteiger partial charge in [0.25, 0.3) is 0 Å². The molecule has 0 spiro atoms. The van der Waals surface area contributed by atoms with Crippen LogP contribution in [-0.2, 0) is 66.4 Å². The van der Waals surface area contributed by atoms with Crippen molar-refractivity contribution in [2.75, 3.05) is 39.6 Å². The van der Waals surface area contributed by atoms with Gasteiger partial charge in [0.15, 0.2) is 37.7 Å². The van der Waals surface area contributed by atoms with Crippen molar-refractivity contribution in [3.63, 3.8) is 0 Å². The Kier molecular flexibility index (Phi) is 42.3. The molecule has 2 amide bonds. The van der Waals surface area contributed by atoms with Crippen LogP contribution in [0.15, 0.2) is 12.2 Å². The van der Waals surface area contributed by atoms with E-state index in [4.69, 9.17) is 56.8 Å². The Morgan fingerprint density at radius 3 is 1.27 bits per heavy atom. The summed E-state index contributed by atoms with van der Waals surface area (Å²) in [6, 6.07) is -2.87. The molecule has 6 fully saturated rings. The minimum absolute atomic E-state index is 0.185. The van der Waals surface area contributed by atoms with Crippen LogP contribution in [0.5, 0.6) is 0 Å². The maximum Gasteiger partial charge on any atom is 0.220 e. The predicted octanol–water partition coefficient (Wildman–Crippen LogP) is -2.32. The van der Waals surface area contributed by atoms with E-state index in [2.05, 4.69) is 24.5 Å². The van der Waals surface area contributed by atoms with E-state index in [9.17, 15) is 102 Å². The fraction of sp³-hybridized carbons (Fsp3) is 0.944. The van der Waals surface area contributed by atoms with Gasteiger partial charge in [0.05, 0.1) is 57.9 Å². The van der Waals surface area contributed by atoms with Crippen molar-refractivity contribution in [3.05, 3.63) is 12.2 Å². The number of unbranched alkanes of at least 4 members (excludes halogenated alkanes) is 23. The number of rotatable bonds is 48. The first-order valence-corrected chi connectivity index (χ1v) is 38.8. The average Bonchev–Trinajstić information content (AvgIpc) is 0.770. The van der Waals surface area contributed by atoms with Crippen LogP contribution in [0.3, 0.4) is 0 Å². The Hall–Kier alpha value is -2.52. The lowest BCUT2D eigenvalue weighted by molar-refractivity contribution is -0.393. The summed E-state index contributed by atoms with van der Waals surface area (Å²) >= 11 is 0. The van der Waals surface area contributed by atoms with Crippen molar-refractivity contribution >= 4 is 11.8 Å². The molecule has 34 nitrogen and oxygen atoms in total. The lowest BCUT2D eigenvalue weighted by atomic mass is 9.94. The molecule has 6 rings (SSSR count). The minimum atomic E-state index is -2.25. The van der Waals surface area contributed by atoms with Gasteiger partial charge in [0, 0.05) is 13.3 Å². The minimum Gasteiger partial charge on any atom is -0.394 e. The standard InChI is InChI=1S/C72H130N2O32/c1-5-7-9-11-13-15-17-19-21-23-25-27-29-31-42(81)41(74-48(82)32-30-28-26-24-22-20-18-16-14-12-10-8-6-2)38-95-68-59(92)56(89)62(46(36-78)100-68)102-70-60(93)57(90)63(47(37-79)101-70)103-71-61(94)65(53(86)45(35-77)98-71)105-67-49(73-40(4)80)64(52(85)44(34-76)97-67)104-72-66(55(88)51(84)43(33-75)99-72)106-69-58(91)54(87)50(83)39(3)96-69/h29,31,39,41-47,49-72,75-79,81,83-94H,5-28,30,32-38H2,1-4H3,(H,73,80)(H,74,82)/t39?,41?,42?,43?,44?,45?,46?,47?,49?,50-,51+,52+,53+,54?,55?,56?,57?,58?,59?,60?,61?,62-,63+,64?,65?,66?,67+,68-,69+,70+,71-,72+/m1/s1. The van der Waals surface area contributed by atoms with E-state index in [1.807, 2.05) is 6.08 Å². The molecular formula is C72H130N2O32. The van der Waals surface area contributed by atoms with Gasteiger partial charge in [-0.2, -0.15) is 0 Å². The third-order valence-electron chi connectivity index (χ3n) is 20.8. The largest absolute Gasteiger partial charge is 0.394 e. The number of hydrogen-bond donors (Lipinski definition) is 20. The van der Waals surface area contributed by atoms with Gasteiger partial charge in [0.1, 0.15) is 140 Å². The topological polar surface area (TPSA) is 533 Å². The van der Waals surface area contributed by atoms with Crippen LogP contribution < -0.4 is 10.6 Å². The third-order valence-corrected chi connectivity index (χ3v) is 20.8. The summed E-state index contributed by atoms with van der Waals surface area (Å²) < 4.78 is 70.7. The fourth-order valence-electron chi connectivity index (χ4n) is 14.3. The van der Waals surface area contributed by atoms with Crippen LogP contribution in [0.25, 0.3) is 0 Å². The van der Waals surface area contributed by atoms with E-state index in [1.54, 1.807) is 6.08 Å². The maximum absolute atomic E-state index is 13.5. The zero-order valence-electron chi connectivity index (χ0n) is 62.0. The van der Waals surface area contributed by atoms with Crippen LogP contribution >= 0.6 is 0 Å². The van der Waals surface area contributed by atoms with Gasteiger partial charge < -0.3 is 159 Å². The lowest BCUT2D eigenvalue weighted by Gasteiger charge is -2.51. The molecule has 0 aromatic heterocycles. The lowest BCUT2D eigenvalue weighted by Crippen LogP contribution is -2.70. The number of carbonyl (C=O) groups is 2. The number of aliphatic hydroxyl groups excluding tert-OH is 18. The van der Waals surface area contributed by atoms with Gasteiger partial charge in [-0.25, -0.2) is 0 Å². The second-order valence-corrected chi connectivity index (χ2v) is 29.2. The molecule has 6 aliphatic rings. The molecule has 0 aliphatic carbocycles. The first-order chi connectivity index (χ1) is 50.9. The highest BCUT2D eigenvalue weighted by Crippen LogP contribution is 2.38. The highest BCUT2D eigenvalue weighted by Gasteiger charge is 2.58. The van der Waals surface area contributed by atoms with Gasteiger partial charge in [-0.3, -0.25) is 9.59 Å². The van der Waals surface area contributed by atoms with Crippen molar-refractivity contribution in [2.24, 2.45) is 0 Å². The molecule has 6 aliphatic heterocycles. The van der Waals surface area contributed by atoms with Crippen molar-refractivity contribution in [1.29, 1.82) is 0 Å². The zero-order valence-corrected chi connectivity index (χ0v) is 62.0. The summed E-state index contributed by atoms with van der Waals surface area (Å²) in [5, 5.41) is 205. The van der Waals surface area contributed by atoms with E-state index in [0.717, 1.165) is 58.3 Å². The molecule has 0 aromatic rings. The van der Waals surface area contributed by atoms with Crippen molar-refractivity contribution in [3.8, 4) is 0 Å². The van der Waals surface area contributed by atoms with Gasteiger partial charge >= 0.3 is 0 Å². The number of hydrogen-bond acceptors (Lipinski definition) is 32. The monoisotopic (exact) mass is 1530 g/mol. The molecule has 106 heavy (non-hydrogen) atoms. The summed E-state index contributed by atoms with van der Waals surface area (Å²) in [6.07, 6.45) is -24.4. The van der Waals surface area contributed by atoms with E-state index in [0.29, 0.717) is 12.8 Å². The van der Waals surface area contributed by atoms with Crippen LogP contribution in [0, 0.1) is 0 Å². The number of aliphatic hydroxyl groups is 18. The van der Waals surface area contributed by atoms with E-state index in [1.165, 1.54) is 103 Å². The molecule has 32 atom stereocenters. The second kappa shape index (κ2) is 48.5. The molecule has 6 heterocycles. The fourth-order valence-corrected chi connectivity index (χ4v) is 14.3. The molecule has 6 saturated heterocycles. The van der Waals surface area contributed by atoms with E-state index >= 15 is 0 Å². The Morgan fingerprint density at radius 2 is 0.764 bits per heavy atom. The van der Waals surface area contributed by atoms with E-state index < -0.39 is 242 Å². The van der Waals surface area contributed by atoms with Gasteiger partial charge in [-0.15, -0.1) is 0 Å². The first-order valence-electron chi connectivity index (χ1n) is 38.8. The second-order valence-electron chi connectivity index (χ2n) is 29.2. The zero-order chi connectivity index (χ0) is 77.6.